The molecule has 4 nitrogen and oxygen atoms in total. The maximum absolute atomic E-state index is 12.5. The minimum atomic E-state index is -4.77. The van der Waals surface area contributed by atoms with Crippen LogP contribution in [0.15, 0.2) is 0 Å². The Bertz CT molecular complexity index is 300. The molecule has 2 N–H and O–H groups in total. The lowest BCUT2D eigenvalue weighted by Gasteiger charge is -2.26. The number of carbonyl (C=O) groups is 2. The lowest BCUT2D eigenvalue weighted by Crippen LogP contribution is -2.50. The molecule has 100 valence electrons. The summed E-state index contributed by atoms with van der Waals surface area (Å²) in [6.45, 7) is 4.66. The summed E-state index contributed by atoms with van der Waals surface area (Å²) in [5, 5.41) is 10.1. The molecule has 0 fully saturated rings. The van der Waals surface area contributed by atoms with Gasteiger partial charge in [0.15, 0.2) is 0 Å². The average molecular weight is 255 g/mol. The predicted molar refractivity (Wildman–Crippen MR) is 54.3 cm³/mol. The summed E-state index contributed by atoms with van der Waals surface area (Å²) >= 11 is 0. The zero-order valence-electron chi connectivity index (χ0n) is 9.89. The van der Waals surface area contributed by atoms with Gasteiger partial charge >= 0.3 is 12.1 Å². The van der Waals surface area contributed by atoms with Crippen LogP contribution < -0.4 is 5.32 Å². The minimum Gasteiger partial charge on any atom is -0.481 e. The molecule has 0 radical (unpaired) electrons. The van der Waals surface area contributed by atoms with Crippen LogP contribution in [0.3, 0.4) is 0 Å². The first-order chi connectivity index (χ1) is 7.50. The van der Waals surface area contributed by atoms with Gasteiger partial charge in [-0.15, -0.1) is 0 Å². The lowest BCUT2D eigenvalue weighted by atomic mass is 9.89. The number of alkyl halides is 3. The van der Waals surface area contributed by atoms with Crippen molar-refractivity contribution in [3.63, 3.8) is 0 Å². The molecule has 0 aromatic rings. The molecule has 0 aliphatic rings. The number of hydrogen-bond donors (Lipinski definition) is 2. The smallest absolute Gasteiger partial charge is 0.409 e. The van der Waals surface area contributed by atoms with Gasteiger partial charge in [0.05, 0.1) is 6.42 Å². The molecule has 0 saturated heterocycles. The lowest BCUT2D eigenvalue weighted by molar-refractivity contribution is -0.172. The van der Waals surface area contributed by atoms with Crippen molar-refractivity contribution in [3.05, 3.63) is 0 Å². The van der Waals surface area contributed by atoms with Crippen molar-refractivity contribution in [3.8, 4) is 0 Å². The summed E-state index contributed by atoms with van der Waals surface area (Å²) in [6, 6.07) is -2.35. The maximum atomic E-state index is 12.5. The first-order valence-electron chi connectivity index (χ1n) is 5.10. The third-order valence-electron chi connectivity index (χ3n) is 2.58. The Morgan fingerprint density at radius 3 is 2.06 bits per heavy atom. The Labute approximate surface area is 97.2 Å². The van der Waals surface area contributed by atoms with Crippen LogP contribution in [0, 0.1) is 5.41 Å². The van der Waals surface area contributed by atoms with Crippen molar-refractivity contribution < 1.29 is 27.9 Å². The number of halogens is 3. The number of amides is 1. The van der Waals surface area contributed by atoms with Gasteiger partial charge < -0.3 is 10.4 Å². The third-order valence-corrected chi connectivity index (χ3v) is 2.58. The van der Waals surface area contributed by atoms with Gasteiger partial charge in [-0.25, -0.2) is 0 Å². The van der Waals surface area contributed by atoms with E-state index < -0.39 is 35.9 Å². The van der Waals surface area contributed by atoms with Crippen LogP contribution in [-0.2, 0) is 9.59 Å². The van der Waals surface area contributed by atoms with Crippen molar-refractivity contribution >= 4 is 11.9 Å². The molecule has 0 aliphatic carbocycles. The van der Waals surface area contributed by atoms with E-state index in [4.69, 9.17) is 5.11 Å². The first-order valence-corrected chi connectivity index (χ1v) is 5.10. The van der Waals surface area contributed by atoms with Gasteiger partial charge in [-0.3, -0.25) is 9.59 Å². The molecular weight excluding hydrogens is 239 g/mol. The van der Waals surface area contributed by atoms with Crippen LogP contribution in [0.4, 0.5) is 13.2 Å². The molecule has 0 saturated carbocycles. The molecule has 0 spiro atoms. The number of carbonyl (C=O) groups excluding carboxylic acids is 1. The van der Waals surface area contributed by atoms with Gasteiger partial charge in [0.25, 0.3) is 0 Å². The summed E-state index contributed by atoms with van der Waals surface area (Å²) < 4.78 is 37.4. The molecule has 0 rings (SSSR count). The molecule has 0 aromatic heterocycles. The van der Waals surface area contributed by atoms with Crippen molar-refractivity contribution in [2.24, 2.45) is 5.41 Å². The summed E-state index contributed by atoms with van der Waals surface area (Å²) in [4.78, 5) is 21.8. The van der Waals surface area contributed by atoms with E-state index in [1.54, 1.807) is 12.2 Å². The molecule has 17 heavy (non-hydrogen) atoms. The van der Waals surface area contributed by atoms with Crippen LogP contribution in [0.2, 0.25) is 0 Å². The van der Waals surface area contributed by atoms with Gasteiger partial charge in [0.2, 0.25) is 5.91 Å². The van der Waals surface area contributed by atoms with Gasteiger partial charge in [-0.2, -0.15) is 13.2 Å². The van der Waals surface area contributed by atoms with Crippen LogP contribution in [0.1, 0.15) is 33.6 Å². The number of aliphatic carboxylic acids is 1. The highest BCUT2D eigenvalue weighted by Gasteiger charge is 2.43. The Hall–Kier alpha value is -1.27. The standard InChI is InChI=1S/C10H16F3NO3/c1-4-9(2,3)8(17)14-6(5-7(15)16)10(11,12)13/h6H,4-5H2,1-3H3,(H,14,17)(H,15,16). The highest BCUT2D eigenvalue weighted by molar-refractivity contribution is 5.82. The number of rotatable bonds is 5. The topological polar surface area (TPSA) is 66.4 Å². The summed E-state index contributed by atoms with van der Waals surface area (Å²) in [5.74, 6) is -2.41. The fraction of sp³-hybridized carbons (Fsp3) is 0.800. The van der Waals surface area contributed by atoms with Crippen LogP contribution in [0.25, 0.3) is 0 Å². The second kappa shape index (κ2) is 5.37. The first kappa shape index (κ1) is 15.7. The largest absolute Gasteiger partial charge is 0.481 e. The Morgan fingerprint density at radius 1 is 1.29 bits per heavy atom. The summed E-state index contributed by atoms with van der Waals surface area (Å²) in [7, 11) is 0. The van der Waals surface area contributed by atoms with Crippen LogP contribution in [0.5, 0.6) is 0 Å². The predicted octanol–water partition coefficient (Wildman–Crippen LogP) is 1.94. The quantitative estimate of drug-likeness (QED) is 0.789. The van der Waals surface area contributed by atoms with Crippen molar-refractivity contribution in [2.45, 2.75) is 45.8 Å². The molecule has 0 heterocycles. The Balaban J connectivity index is 4.77. The molecule has 1 atom stereocenters. The van der Waals surface area contributed by atoms with Crippen LogP contribution >= 0.6 is 0 Å². The average Bonchev–Trinajstić information content (AvgIpc) is 2.14. The van der Waals surface area contributed by atoms with Crippen molar-refractivity contribution in [1.29, 1.82) is 0 Å². The zero-order valence-corrected chi connectivity index (χ0v) is 9.89. The van der Waals surface area contributed by atoms with Crippen molar-refractivity contribution in [1.82, 2.24) is 5.32 Å². The molecular formula is C10H16F3NO3. The number of carboxylic acid groups (broad SMARTS) is 1. The number of carboxylic acids is 1. The van der Waals surface area contributed by atoms with Gasteiger partial charge in [-0.1, -0.05) is 20.8 Å². The number of hydrogen-bond acceptors (Lipinski definition) is 2. The van der Waals surface area contributed by atoms with E-state index in [-0.39, 0.29) is 0 Å². The van der Waals surface area contributed by atoms with E-state index in [9.17, 15) is 22.8 Å². The fourth-order valence-electron chi connectivity index (χ4n) is 0.937. The highest BCUT2D eigenvalue weighted by atomic mass is 19.4. The molecule has 0 bridgehead atoms. The van der Waals surface area contributed by atoms with E-state index in [2.05, 4.69) is 0 Å². The fourth-order valence-corrected chi connectivity index (χ4v) is 0.937. The SMILES string of the molecule is CCC(C)(C)C(=O)NC(CC(=O)O)C(F)(F)F. The van der Waals surface area contributed by atoms with Gasteiger partial charge in [-0.05, 0) is 6.42 Å². The van der Waals surface area contributed by atoms with Gasteiger partial charge in [0, 0.05) is 5.41 Å². The molecule has 0 aliphatic heterocycles. The van der Waals surface area contributed by atoms with Gasteiger partial charge in [0.1, 0.15) is 6.04 Å². The molecule has 1 amide bonds. The molecule has 1 unspecified atom stereocenters. The molecule has 7 heteroatoms. The third kappa shape index (κ3) is 5.06. The maximum Gasteiger partial charge on any atom is 0.409 e. The monoisotopic (exact) mass is 255 g/mol. The van der Waals surface area contributed by atoms with E-state index in [0.717, 1.165) is 0 Å². The normalized spacial score (nSPS) is 14.2. The summed E-state index contributed by atoms with van der Waals surface area (Å²) in [6.07, 6.45) is -5.58. The minimum absolute atomic E-state index is 0.358. The second-order valence-corrected chi connectivity index (χ2v) is 4.40. The highest BCUT2D eigenvalue weighted by Crippen LogP contribution is 2.25. The summed E-state index contributed by atoms with van der Waals surface area (Å²) in [5.41, 5.74) is -0.956. The van der Waals surface area contributed by atoms with Crippen molar-refractivity contribution in [2.75, 3.05) is 0 Å². The Kier molecular flexibility index (Phi) is 4.97. The number of nitrogens with one attached hydrogen (secondary N) is 1. The van der Waals surface area contributed by atoms with E-state index in [0.29, 0.717) is 6.42 Å². The van der Waals surface area contributed by atoms with E-state index >= 15 is 0 Å². The van der Waals surface area contributed by atoms with E-state index in [1.165, 1.54) is 13.8 Å². The van der Waals surface area contributed by atoms with Crippen LogP contribution in [-0.4, -0.2) is 29.2 Å². The second-order valence-electron chi connectivity index (χ2n) is 4.40. The zero-order chi connectivity index (χ0) is 13.9. The van der Waals surface area contributed by atoms with E-state index in [1.807, 2.05) is 0 Å². The Morgan fingerprint density at radius 2 is 1.76 bits per heavy atom. The molecule has 0 aromatic carbocycles.